The van der Waals surface area contributed by atoms with Gasteiger partial charge in [0.2, 0.25) is 5.91 Å². The normalized spacial score (nSPS) is 25.7. The fourth-order valence-electron chi connectivity index (χ4n) is 7.06. The predicted molar refractivity (Wildman–Crippen MR) is 147 cm³/mol. The van der Waals surface area contributed by atoms with Gasteiger partial charge in [-0.1, -0.05) is 72.8 Å². The van der Waals surface area contributed by atoms with Crippen LogP contribution in [0.15, 0.2) is 96.4 Å². The Labute approximate surface area is 224 Å². The first-order valence-electron chi connectivity index (χ1n) is 12.7. The number of carbonyl (C=O) groups is 3. The first kappa shape index (κ1) is 23.1. The first-order valence-corrected chi connectivity index (χ1v) is 13.5. The van der Waals surface area contributed by atoms with Gasteiger partial charge < -0.3 is 10.2 Å². The van der Waals surface area contributed by atoms with Gasteiger partial charge in [-0.3, -0.25) is 19.3 Å². The zero-order valence-corrected chi connectivity index (χ0v) is 21.6. The van der Waals surface area contributed by atoms with Crippen molar-refractivity contribution >= 4 is 40.3 Å². The number of rotatable bonds is 4. The number of hydrogen-bond donors (Lipinski definition) is 1. The molecule has 2 amide bonds. The molecule has 7 rings (SSSR count). The number of nitrogens with zero attached hydrogens (tertiary/aromatic N) is 2. The van der Waals surface area contributed by atoms with Crippen molar-refractivity contribution < 1.29 is 14.4 Å². The summed E-state index contributed by atoms with van der Waals surface area (Å²) in [4.78, 5) is 47.9. The average molecular weight is 520 g/mol. The van der Waals surface area contributed by atoms with E-state index in [4.69, 9.17) is 0 Å². The second-order valence-electron chi connectivity index (χ2n) is 10.2. The zero-order valence-electron chi connectivity index (χ0n) is 20.8. The average Bonchev–Trinajstić information content (AvgIpc) is 3.69. The lowest BCUT2D eigenvalue weighted by Gasteiger charge is -2.43. The molecule has 3 aliphatic rings. The molecule has 1 fully saturated rings. The van der Waals surface area contributed by atoms with Crippen molar-refractivity contribution in [1.29, 1.82) is 0 Å². The third-order valence-electron chi connectivity index (χ3n) is 8.48. The first-order chi connectivity index (χ1) is 18.5. The molecule has 3 aromatic carbocycles. The van der Waals surface area contributed by atoms with Crippen LogP contribution in [0.4, 0.5) is 11.4 Å². The summed E-state index contributed by atoms with van der Waals surface area (Å²) < 4.78 is 0. The van der Waals surface area contributed by atoms with Crippen molar-refractivity contribution in [1.82, 2.24) is 4.90 Å². The Balaban J connectivity index is 1.51. The van der Waals surface area contributed by atoms with E-state index in [9.17, 15) is 14.4 Å². The lowest BCUT2D eigenvalue weighted by molar-refractivity contribution is -0.138. The summed E-state index contributed by atoms with van der Waals surface area (Å²) in [5.41, 5.74) is 1.07. The van der Waals surface area contributed by atoms with E-state index in [0.717, 1.165) is 16.8 Å². The van der Waals surface area contributed by atoms with Gasteiger partial charge in [0.05, 0.1) is 17.3 Å². The zero-order chi connectivity index (χ0) is 26.1. The van der Waals surface area contributed by atoms with E-state index >= 15 is 0 Å². The number of benzene rings is 3. The van der Waals surface area contributed by atoms with Crippen LogP contribution in [-0.4, -0.2) is 36.1 Å². The molecular formula is C31H25N3O3S. The van der Waals surface area contributed by atoms with E-state index in [2.05, 4.69) is 5.32 Å². The number of amides is 2. The van der Waals surface area contributed by atoms with E-state index in [-0.39, 0.29) is 24.1 Å². The van der Waals surface area contributed by atoms with E-state index in [0.29, 0.717) is 22.7 Å². The maximum Gasteiger partial charge on any atom is 0.254 e. The third-order valence-corrected chi connectivity index (χ3v) is 9.37. The molecule has 3 aliphatic heterocycles. The highest BCUT2D eigenvalue weighted by atomic mass is 32.1. The number of Topliss-reactive ketones (excluding diaryl/α,β-unsaturated/α-hetero) is 1. The number of ketones is 1. The van der Waals surface area contributed by atoms with Gasteiger partial charge in [-0.25, -0.2) is 0 Å². The van der Waals surface area contributed by atoms with Crippen molar-refractivity contribution in [3.63, 3.8) is 0 Å². The van der Waals surface area contributed by atoms with Gasteiger partial charge in [-0.05, 0) is 41.8 Å². The van der Waals surface area contributed by atoms with Gasteiger partial charge in [0, 0.05) is 23.5 Å². The molecule has 188 valence electrons. The molecule has 0 unspecified atom stereocenters. The molecule has 6 nitrogen and oxygen atoms in total. The Bertz CT molecular complexity index is 1600. The van der Waals surface area contributed by atoms with Gasteiger partial charge in [0.15, 0.2) is 5.78 Å². The number of hydrogen-bond acceptors (Lipinski definition) is 5. The summed E-state index contributed by atoms with van der Waals surface area (Å²) in [7, 11) is 1.87. The van der Waals surface area contributed by atoms with E-state index in [1.54, 1.807) is 11.0 Å². The maximum atomic E-state index is 15.0. The highest BCUT2D eigenvalue weighted by Crippen LogP contribution is 2.65. The molecule has 4 aromatic rings. The summed E-state index contributed by atoms with van der Waals surface area (Å²) in [6.45, 7) is 0.646. The number of thiophene rings is 1. The Morgan fingerprint density at radius 2 is 1.63 bits per heavy atom. The van der Waals surface area contributed by atoms with Crippen molar-refractivity contribution in [3.8, 4) is 0 Å². The molecule has 0 bridgehead atoms. The fraction of sp³-hybridized carbons (Fsp3) is 0.194. The number of carbonyl (C=O) groups excluding carboxylic acids is 3. The second kappa shape index (κ2) is 8.21. The van der Waals surface area contributed by atoms with Crippen LogP contribution in [-0.2, 0) is 27.1 Å². The van der Waals surface area contributed by atoms with Crippen molar-refractivity contribution in [3.05, 3.63) is 118 Å². The van der Waals surface area contributed by atoms with Crippen molar-refractivity contribution in [2.75, 3.05) is 23.8 Å². The topological polar surface area (TPSA) is 69.7 Å². The van der Waals surface area contributed by atoms with Gasteiger partial charge >= 0.3 is 0 Å². The molecule has 1 N–H and O–H groups in total. The highest BCUT2D eigenvalue weighted by Gasteiger charge is 2.78. The number of likely N-dealkylation sites (tertiary alicyclic amines) is 1. The van der Waals surface area contributed by atoms with Crippen LogP contribution in [0.2, 0.25) is 0 Å². The fourth-order valence-corrected chi connectivity index (χ4v) is 7.78. The predicted octanol–water partition coefficient (Wildman–Crippen LogP) is 4.82. The Kier molecular flexibility index (Phi) is 4.99. The molecule has 7 heteroatoms. The maximum absolute atomic E-state index is 15.0. The number of anilines is 2. The van der Waals surface area contributed by atoms with E-state index < -0.39 is 16.9 Å². The van der Waals surface area contributed by atoms with Crippen LogP contribution in [0, 0.1) is 5.92 Å². The lowest BCUT2D eigenvalue weighted by Crippen LogP contribution is -2.63. The van der Waals surface area contributed by atoms with E-state index in [1.807, 2.05) is 102 Å². The summed E-state index contributed by atoms with van der Waals surface area (Å²) >= 11 is 1.37. The largest absolute Gasteiger partial charge is 0.325 e. The van der Waals surface area contributed by atoms with Gasteiger partial charge in [0.25, 0.3) is 5.91 Å². The molecule has 0 radical (unpaired) electrons. The minimum atomic E-state index is -1.43. The number of likely N-dealkylation sites (N-methyl/N-ethyl adjacent to an activating group) is 1. The number of fused-ring (bicyclic) bond motifs is 5. The monoisotopic (exact) mass is 519 g/mol. The smallest absolute Gasteiger partial charge is 0.254 e. The Hall–Kier alpha value is -4.07. The molecule has 2 spiro atoms. The SMILES string of the molecule is CN1C[C@@H](C(=O)c2cccs2)[C@]2(C(=O)Nc3ccccc32)[C@@]12C(=O)N(Cc1ccccc1)c1ccccc12. The van der Waals surface area contributed by atoms with E-state index in [1.165, 1.54) is 11.3 Å². The molecule has 1 aromatic heterocycles. The lowest BCUT2D eigenvalue weighted by atomic mass is 9.58. The Morgan fingerprint density at radius 3 is 2.39 bits per heavy atom. The Morgan fingerprint density at radius 1 is 0.921 bits per heavy atom. The molecule has 0 saturated carbocycles. The van der Waals surface area contributed by atoms with Gasteiger partial charge in [0.1, 0.15) is 11.0 Å². The highest BCUT2D eigenvalue weighted by molar-refractivity contribution is 7.12. The van der Waals surface area contributed by atoms with Crippen LogP contribution < -0.4 is 10.2 Å². The van der Waals surface area contributed by atoms with Gasteiger partial charge in [-0.15, -0.1) is 11.3 Å². The third kappa shape index (κ3) is 2.72. The van der Waals surface area contributed by atoms with Crippen LogP contribution in [0.3, 0.4) is 0 Å². The second-order valence-corrected chi connectivity index (χ2v) is 11.1. The molecule has 38 heavy (non-hydrogen) atoms. The molecule has 3 atom stereocenters. The van der Waals surface area contributed by atoms with Crippen molar-refractivity contribution in [2.24, 2.45) is 5.92 Å². The number of para-hydroxylation sites is 2. The van der Waals surface area contributed by atoms with Gasteiger partial charge in [-0.2, -0.15) is 0 Å². The summed E-state index contributed by atoms with van der Waals surface area (Å²) in [5, 5.41) is 4.93. The van der Waals surface area contributed by atoms with Crippen molar-refractivity contribution in [2.45, 2.75) is 17.5 Å². The van der Waals surface area contributed by atoms with Crippen LogP contribution >= 0.6 is 11.3 Å². The van der Waals surface area contributed by atoms with Crippen LogP contribution in [0.25, 0.3) is 0 Å². The molecule has 4 heterocycles. The summed E-state index contributed by atoms with van der Waals surface area (Å²) in [6.07, 6.45) is 0. The standard InChI is InChI=1S/C31H25N3O3S/c1-33-19-23(27(35)26-16-9-17-38-26)30(21-12-5-7-14-24(21)32-28(30)36)31(33)22-13-6-8-15-25(22)34(29(31)37)18-20-10-3-2-4-11-20/h2-17,23H,18-19H2,1H3,(H,32,36)/t23-,30+,31+/m0/s1. The summed E-state index contributed by atoms with van der Waals surface area (Å²) in [6, 6.07) is 28.7. The minimum Gasteiger partial charge on any atom is -0.325 e. The number of nitrogens with one attached hydrogen (secondary N) is 1. The minimum absolute atomic E-state index is 0.109. The summed E-state index contributed by atoms with van der Waals surface area (Å²) in [5.74, 6) is -1.34. The van der Waals surface area contributed by atoms with Crippen LogP contribution in [0.5, 0.6) is 0 Å². The quantitative estimate of drug-likeness (QED) is 0.393. The molecule has 0 aliphatic carbocycles. The molecular weight excluding hydrogens is 494 g/mol. The van der Waals surface area contributed by atoms with Crippen LogP contribution in [0.1, 0.15) is 26.4 Å². The molecule has 1 saturated heterocycles.